The summed E-state index contributed by atoms with van der Waals surface area (Å²) < 4.78 is 38.1. The highest BCUT2D eigenvalue weighted by Gasteiger charge is 2.30. The lowest BCUT2D eigenvalue weighted by molar-refractivity contribution is -0.137. The fourth-order valence-electron chi connectivity index (χ4n) is 1.70. The summed E-state index contributed by atoms with van der Waals surface area (Å²) in [5.74, 6) is 0.418. The van der Waals surface area contributed by atoms with Crippen LogP contribution in [-0.4, -0.2) is 16.5 Å². The Balaban J connectivity index is 2.32. The van der Waals surface area contributed by atoms with Gasteiger partial charge in [0.1, 0.15) is 0 Å². The molecular weight excluding hydrogens is 267 g/mol. The van der Waals surface area contributed by atoms with E-state index in [9.17, 15) is 13.2 Å². The van der Waals surface area contributed by atoms with Gasteiger partial charge in [-0.1, -0.05) is 19.1 Å². The number of hydrogen-bond acceptors (Lipinski definition) is 3. The van der Waals surface area contributed by atoms with Crippen LogP contribution in [-0.2, 0) is 6.18 Å². The lowest BCUT2D eigenvalue weighted by Crippen LogP contribution is -2.06. The Labute approximate surface area is 114 Å². The van der Waals surface area contributed by atoms with Crippen molar-refractivity contribution in [2.75, 3.05) is 11.9 Å². The molecule has 0 aliphatic heterocycles. The van der Waals surface area contributed by atoms with Crippen molar-refractivity contribution in [3.05, 3.63) is 42.1 Å². The zero-order valence-corrected chi connectivity index (χ0v) is 10.9. The molecule has 0 bridgehead atoms. The highest BCUT2D eigenvalue weighted by Crippen LogP contribution is 2.31. The summed E-state index contributed by atoms with van der Waals surface area (Å²) >= 11 is 0. The Kier molecular flexibility index (Phi) is 4.22. The minimum absolute atomic E-state index is 0.418. The van der Waals surface area contributed by atoms with Crippen molar-refractivity contribution in [3.63, 3.8) is 0 Å². The lowest BCUT2D eigenvalue weighted by atomic mass is 10.1. The van der Waals surface area contributed by atoms with Crippen molar-refractivity contribution in [3.8, 4) is 11.3 Å². The maximum atomic E-state index is 12.7. The van der Waals surface area contributed by atoms with Crippen LogP contribution in [0.3, 0.4) is 0 Å². The standard InChI is InChI=1S/C14H14F3N3/c1-2-7-18-13-19-8-6-12(20-13)10-4-3-5-11(9-10)14(15,16)17/h3-6,8-9H,2,7H2,1H3,(H,18,19,20). The fourth-order valence-corrected chi connectivity index (χ4v) is 1.70. The molecule has 1 N–H and O–H groups in total. The number of nitrogens with zero attached hydrogens (tertiary/aromatic N) is 2. The van der Waals surface area contributed by atoms with E-state index < -0.39 is 11.7 Å². The summed E-state index contributed by atoms with van der Waals surface area (Å²) in [5, 5.41) is 3.00. The Morgan fingerprint density at radius 1 is 1.20 bits per heavy atom. The molecule has 1 heterocycles. The minimum Gasteiger partial charge on any atom is -0.354 e. The van der Waals surface area contributed by atoms with Crippen LogP contribution in [0.15, 0.2) is 36.5 Å². The monoisotopic (exact) mass is 281 g/mol. The minimum atomic E-state index is -4.35. The van der Waals surface area contributed by atoms with Crippen LogP contribution in [0.5, 0.6) is 0 Å². The van der Waals surface area contributed by atoms with Gasteiger partial charge in [0.25, 0.3) is 0 Å². The van der Waals surface area contributed by atoms with Crippen molar-refractivity contribution >= 4 is 5.95 Å². The number of aromatic nitrogens is 2. The molecule has 0 amide bonds. The van der Waals surface area contributed by atoms with Crippen LogP contribution in [0, 0.1) is 0 Å². The topological polar surface area (TPSA) is 37.8 Å². The van der Waals surface area contributed by atoms with Crippen LogP contribution < -0.4 is 5.32 Å². The first kappa shape index (κ1) is 14.3. The molecule has 0 radical (unpaired) electrons. The lowest BCUT2D eigenvalue weighted by Gasteiger charge is -2.09. The maximum Gasteiger partial charge on any atom is 0.416 e. The second-order valence-corrected chi connectivity index (χ2v) is 4.27. The molecule has 0 saturated heterocycles. The Hall–Kier alpha value is -2.11. The van der Waals surface area contributed by atoms with Crippen molar-refractivity contribution < 1.29 is 13.2 Å². The molecule has 6 heteroatoms. The van der Waals surface area contributed by atoms with Gasteiger partial charge in [-0.05, 0) is 24.6 Å². The molecule has 2 aromatic rings. The molecule has 20 heavy (non-hydrogen) atoms. The van der Waals surface area contributed by atoms with E-state index in [-0.39, 0.29) is 0 Å². The molecule has 1 aromatic heterocycles. The number of anilines is 1. The third kappa shape index (κ3) is 3.46. The number of hydrogen-bond donors (Lipinski definition) is 1. The average Bonchev–Trinajstić information content (AvgIpc) is 2.45. The number of nitrogens with one attached hydrogen (secondary N) is 1. The van der Waals surface area contributed by atoms with Gasteiger partial charge in [-0.15, -0.1) is 0 Å². The predicted octanol–water partition coefficient (Wildman–Crippen LogP) is 3.98. The third-order valence-corrected chi connectivity index (χ3v) is 2.67. The largest absolute Gasteiger partial charge is 0.416 e. The molecule has 0 spiro atoms. The third-order valence-electron chi connectivity index (χ3n) is 2.67. The Bertz CT molecular complexity index is 582. The molecule has 0 fully saturated rings. The van der Waals surface area contributed by atoms with Gasteiger partial charge in [-0.3, -0.25) is 0 Å². The Morgan fingerprint density at radius 3 is 2.70 bits per heavy atom. The summed E-state index contributed by atoms with van der Waals surface area (Å²) in [4.78, 5) is 8.24. The molecule has 0 unspecified atom stereocenters. The van der Waals surface area contributed by atoms with Crippen LogP contribution in [0.2, 0.25) is 0 Å². The summed E-state index contributed by atoms with van der Waals surface area (Å²) in [6.45, 7) is 2.72. The molecule has 0 atom stereocenters. The van der Waals surface area contributed by atoms with E-state index in [1.807, 2.05) is 6.92 Å². The molecular formula is C14H14F3N3. The number of alkyl halides is 3. The van der Waals surface area contributed by atoms with Crippen molar-refractivity contribution in [2.45, 2.75) is 19.5 Å². The van der Waals surface area contributed by atoms with Crippen LogP contribution in [0.1, 0.15) is 18.9 Å². The summed E-state index contributed by atoms with van der Waals surface area (Å²) in [6, 6.07) is 6.69. The van der Waals surface area contributed by atoms with Gasteiger partial charge in [0, 0.05) is 18.3 Å². The molecule has 1 aromatic carbocycles. The summed E-state index contributed by atoms with van der Waals surface area (Å²) in [6.07, 6.45) is -1.91. The first-order valence-corrected chi connectivity index (χ1v) is 6.25. The maximum absolute atomic E-state index is 12.7. The highest BCUT2D eigenvalue weighted by molar-refractivity contribution is 5.61. The average molecular weight is 281 g/mol. The van der Waals surface area contributed by atoms with Gasteiger partial charge in [0.15, 0.2) is 0 Å². The fraction of sp³-hybridized carbons (Fsp3) is 0.286. The SMILES string of the molecule is CCCNc1nccc(-c2cccc(C(F)(F)F)c2)n1. The van der Waals surface area contributed by atoms with E-state index in [4.69, 9.17) is 0 Å². The van der Waals surface area contributed by atoms with Gasteiger partial charge >= 0.3 is 6.18 Å². The van der Waals surface area contributed by atoms with Gasteiger partial charge < -0.3 is 5.32 Å². The van der Waals surface area contributed by atoms with E-state index in [0.717, 1.165) is 18.6 Å². The van der Waals surface area contributed by atoms with Crippen LogP contribution >= 0.6 is 0 Å². The smallest absolute Gasteiger partial charge is 0.354 e. The van der Waals surface area contributed by atoms with Gasteiger partial charge in [-0.25, -0.2) is 9.97 Å². The van der Waals surface area contributed by atoms with Gasteiger partial charge in [0.05, 0.1) is 11.3 Å². The zero-order valence-electron chi connectivity index (χ0n) is 10.9. The van der Waals surface area contributed by atoms with E-state index in [0.29, 0.717) is 23.8 Å². The molecule has 106 valence electrons. The van der Waals surface area contributed by atoms with Crippen molar-refractivity contribution in [1.29, 1.82) is 0 Å². The van der Waals surface area contributed by atoms with Crippen LogP contribution in [0.4, 0.5) is 19.1 Å². The van der Waals surface area contributed by atoms with Crippen molar-refractivity contribution in [2.24, 2.45) is 0 Å². The normalized spacial score (nSPS) is 11.4. The van der Waals surface area contributed by atoms with E-state index >= 15 is 0 Å². The highest BCUT2D eigenvalue weighted by atomic mass is 19.4. The van der Waals surface area contributed by atoms with Crippen molar-refractivity contribution in [1.82, 2.24) is 9.97 Å². The first-order valence-electron chi connectivity index (χ1n) is 6.25. The summed E-state index contributed by atoms with van der Waals surface area (Å²) in [5.41, 5.74) is 0.197. The molecule has 3 nitrogen and oxygen atoms in total. The Morgan fingerprint density at radius 2 is 2.00 bits per heavy atom. The molecule has 0 aliphatic rings. The zero-order chi connectivity index (χ0) is 14.6. The number of rotatable bonds is 4. The molecule has 0 saturated carbocycles. The number of halogens is 3. The summed E-state index contributed by atoms with van der Waals surface area (Å²) in [7, 11) is 0. The molecule has 2 rings (SSSR count). The van der Waals surface area contributed by atoms with E-state index in [2.05, 4.69) is 15.3 Å². The quantitative estimate of drug-likeness (QED) is 0.921. The predicted molar refractivity (Wildman–Crippen MR) is 71.3 cm³/mol. The van der Waals surface area contributed by atoms with E-state index in [1.54, 1.807) is 12.1 Å². The first-order chi connectivity index (χ1) is 9.50. The second kappa shape index (κ2) is 5.90. The second-order valence-electron chi connectivity index (χ2n) is 4.27. The number of benzene rings is 1. The molecule has 0 aliphatic carbocycles. The van der Waals surface area contributed by atoms with Crippen LogP contribution in [0.25, 0.3) is 11.3 Å². The van der Waals surface area contributed by atoms with Gasteiger partial charge in [0.2, 0.25) is 5.95 Å². The van der Waals surface area contributed by atoms with E-state index in [1.165, 1.54) is 12.3 Å². The van der Waals surface area contributed by atoms with Gasteiger partial charge in [-0.2, -0.15) is 13.2 Å².